The quantitative estimate of drug-likeness (QED) is 0.738. The van der Waals surface area contributed by atoms with E-state index in [0.717, 1.165) is 11.3 Å². The van der Waals surface area contributed by atoms with E-state index in [1.807, 2.05) is 54.6 Å². The Labute approximate surface area is 144 Å². The van der Waals surface area contributed by atoms with Crippen molar-refractivity contribution in [2.45, 2.75) is 6.54 Å². The van der Waals surface area contributed by atoms with Gasteiger partial charge in [0.05, 0.1) is 5.56 Å². The number of carbonyl (C=O) groups excluding carboxylic acids is 1. The number of halogens is 1. The van der Waals surface area contributed by atoms with Gasteiger partial charge < -0.3 is 10.6 Å². The van der Waals surface area contributed by atoms with Gasteiger partial charge in [0.25, 0.3) is 5.91 Å². The molecular weight excluding hydrogens is 324 g/mol. The third-order valence-electron chi connectivity index (χ3n) is 3.31. The van der Waals surface area contributed by atoms with Gasteiger partial charge in [0.15, 0.2) is 0 Å². The number of aromatic nitrogens is 2. The molecule has 0 fully saturated rings. The first-order valence-corrected chi connectivity index (χ1v) is 7.75. The second-order valence-corrected chi connectivity index (χ2v) is 5.53. The van der Waals surface area contributed by atoms with Crippen molar-refractivity contribution in [3.63, 3.8) is 0 Å². The van der Waals surface area contributed by atoms with Crippen molar-refractivity contribution in [2.75, 3.05) is 10.6 Å². The van der Waals surface area contributed by atoms with Gasteiger partial charge >= 0.3 is 0 Å². The van der Waals surface area contributed by atoms with Crippen LogP contribution in [0.4, 0.5) is 11.6 Å². The van der Waals surface area contributed by atoms with Gasteiger partial charge in [-0.15, -0.1) is 0 Å². The first-order valence-electron chi connectivity index (χ1n) is 7.37. The Bertz CT molecular complexity index is 805. The summed E-state index contributed by atoms with van der Waals surface area (Å²) < 4.78 is 0. The number of hydrogen-bond acceptors (Lipinski definition) is 4. The van der Waals surface area contributed by atoms with Crippen LogP contribution in [0.3, 0.4) is 0 Å². The summed E-state index contributed by atoms with van der Waals surface area (Å²) in [6.07, 6.45) is 2.99. The van der Waals surface area contributed by atoms with E-state index in [1.165, 1.54) is 12.4 Å². The highest BCUT2D eigenvalue weighted by atomic mass is 35.5. The Balaban J connectivity index is 1.58. The molecule has 0 atom stereocenters. The zero-order valence-electron chi connectivity index (χ0n) is 12.7. The van der Waals surface area contributed by atoms with E-state index in [2.05, 4.69) is 20.6 Å². The van der Waals surface area contributed by atoms with Crippen LogP contribution >= 0.6 is 11.6 Å². The van der Waals surface area contributed by atoms with Crippen molar-refractivity contribution in [2.24, 2.45) is 0 Å². The van der Waals surface area contributed by atoms with E-state index in [4.69, 9.17) is 11.6 Å². The van der Waals surface area contributed by atoms with Gasteiger partial charge in [-0.2, -0.15) is 0 Å². The number of carbonyl (C=O) groups is 1. The van der Waals surface area contributed by atoms with Crippen LogP contribution in [0.15, 0.2) is 67.0 Å². The highest BCUT2D eigenvalue weighted by Gasteiger charge is 2.07. The normalized spacial score (nSPS) is 10.2. The molecule has 5 nitrogen and oxygen atoms in total. The van der Waals surface area contributed by atoms with Crippen LogP contribution in [-0.2, 0) is 6.54 Å². The Kier molecular flexibility index (Phi) is 5.03. The number of amides is 1. The minimum atomic E-state index is -0.245. The average molecular weight is 339 g/mol. The minimum absolute atomic E-state index is 0.245. The van der Waals surface area contributed by atoms with Crippen LogP contribution in [0.5, 0.6) is 0 Å². The molecule has 3 rings (SSSR count). The lowest BCUT2D eigenvalue weighted by Gasteiger charge is -2.07. The molecule has 0 bridgehead atoms. The van der Waals surface area contributed by atoms with Gasteiger partial charge in [-0.25, -0.2) is 9.97 Å². The molecule has 0 radical (unpaired) electrons. The molecule has 2 aromatic carbocycles. The van der Waals surface area contributed by atoms with Crippen molar-refractivity contribution in [1.82, 2.24) is 9.97 Å². The molecule has 1 aromatic heterocycles. The fraction of sp³-hybridized carbons (Fsp3) is 0.0556. The number of hydrogen-bond donors (Lipinski definition) is 2. The predicted molar refractivity (Wildman–Crippen MR) is 95.2 cm³/mol. The summed E-state index contributed by atoms with van der Waals surface area (Å²) in [6.45, 7) is 0.576. The van der Waals surface area contributed by atoms with Crippen LogP contribution in [0, 0.1) is 0 Å². The summed E-state index contributed by atoms with van der Waals surface area (Å²) in [4.78, 5) is 20.4. The molecule has 24 heavy (non-hydrogen) atoms. The standard InChI is InChI=1S/C18H15ClN4O/c19-15-8-6-13(7-9-15)10-20-18-21-11-14(12-22-18)17(24)23-16-4-2-1-3-5-16/h1-9,11-12H,10H2,(H,23,24)(H,20,21,22). The Morgan fingerprint density at radius 2 is 1.62 bits per heavy atom. The van der Waals surface area contributed by atoms with Crippen LogP contribution in [0.2, 0.25) is 5.02 Å². The second-order valence-electron chi connectivity index (χ2n) is 5.10. The summed E-state index contributed by atoms with van der Waals surface area (Å²) in [5, 5.41) is 6.59. The molecule has 0 saturated heterocycles. The maximum atomic E-state index is 12.1. The largest absolute Gasteiger partial charge is 0.350 e. The van der Waals surface area contributed by atoms with Crippen LogP contribution in [0.25, 0.3) is 0 Å². The number of anilines is 2. The maximum absolute atomic E-state index is 12.1. The van der Waals surface area contributed by atoms with E-state index >= 15 is 0 Å². The van der Waals surface area contributed by atoms with Gasteiger partial charge in [-0.1, -0.05) is 41.9 Å². The Morgan fingerprint density at radius 3 is 2.29 bits per heavy atom. The van der Waals surface area contributed by atoms with Crippen molar-refractivity contribution in [3.8, 4) is 0 Å². The van der Waals surface area contributed by atoms with E-state index < -0.39 is 0 Å². The molecule has 120 valence electrons. The average Bonchev–Trinajstić information content (AvgIpc) is 2.62. The smallest absolute Gasteiger partial charge is 0.258 e. The lowest BCUT2D eigenvalue weighted by Crippen LogP contribution is -2.13. The summed E-state index contributed by atoms with van der Waals surface area (Å²) in [5.41, 5.74) is 2.19. The predicted octanol–water partition coefficient (Wildman–Crippen LogP) is 3.99. The number of nitrogens with one attached hydrogen (secondary N) is 2. The Morgan fingerprint density at radius 1 is 0.958 bits per heavy atom. The fourth-order valence-electron chi connectivity index (χ4n) is 2.04. The van der Waals surface area contributed by atoms with Gasteiger partial charge in [0, 0.05) is 29.6 Å². The molecule has 1 heterocycles. The summed E-state index contributed by atoms with van der Waals surface area (Å²) >= 11 is 5.85. The Hall–Kier alpha value is -2.92. The van der Waals surface area contributed by atoms with Gasteiger partial charge in [0.1, 0.15) is 0 Å². The number of nitrogens with zero attached hydrogens (tertiary/aromatic N) is 2. The zero-order chi connectivity index (χ0) is 16.8. The maximum Gasteiger partial charge on any atom is 0.258 e. The lowest BCUT2D eigenvalue weighted by atomic mass is 10.2. The highest BCUT2D eigenvalue weighted by molar-refractivity contribution is 6.30. The molecule has 0 aliphatic rings. The number of benzene rings is 2. The first-order chi connectivity index (χ1) is 11.7. The third-order valence-corrected chi connectivity index (χ3v) is 3.56. The van der Waals surface area contributed by atoms with Gasteiger partial charge in [-0.3, -0.25) is 4.79 Å². The number of para-hydroxylation sites is 1. The molecule has 0 spiro atoms. The molecule has 1 amide bonds. The van der Waals surface area contributed by atoms with Crippen LogP contribution in [0.1, 0.15) is 15.9 Å². The summed E-state index contributed by atoms with van der Waals surface area (Å²) in [7, 11) is 0. The SMILES string of the molecule is O=C(Nc1ccccc1)c1cnc(NCc2ccc(Cl)cc2)nc1. The van der Waals surface area contributed by atoms with Crippen molar-refractivity contribution in [1.29, 1.82) is 0 Å². The van der Waals surface area contributed by atoms with Crippen LogP contribution < -0.4 is 10.6 Å². The molecule has 0 saturated carbocycles. The molecule has 6 heteroatoms. The molecule has 2 N–H and O–H groups in total. The monoisotopic (exact) mass is 338 g/mol. The topological polar surface area (TPSA) is 66.9 Å². The van der Waals surface area contributed by atoms with Gasteiger partial charge in [0.2, 0.25) is 5.95 Å². The van der Waals surface area contributed by atoms with Crippen molar-refractivity contribution >= 4 is 29.1 Å². The molecule has 0 aliphatic carbocycles. The number of rotatable bonds is 5. The minimum Gasteiger partial charge on any atom is -0.350 e. The van der Waals surface area contributed by atoms with Crippen molar-refractivity contribution < 1.29 is 4.79 Å². The van der Waals surface area contributed by atoms with Gasteiger partial charge in [-0.05, 0) is 29.8 Å². The highest BCUT2D eigenvalue weighted by Crippen LogP contribution is 2.11. The van der Waals surface area contributed by atoms with E-state index in [1.54, 1.807) is 0 Å². The molecule has 3 aromatic rings. The lowest BCUT2D eigenvalue weighted by molar-refractivity contribution is 0.102. The summed E-state index contributed by atoms with van der Waals surface area (Å²) in [5.74, 6) is 0.215. The van der Waals surface area contributed by atoms with Crippen LogP contribution in [-0.4, -0.2) is 15.9 Å². The fourth-order valence-corrected chi connectivity index (χ4v) is 2.17. The molecule has 0 aliphatic heterocycles. The molecule has 0 unspecified atom stereocenters. The molecular formula is C18H15ClN4O. The van der Waals surface area contributed by atoms with E-state index in [9.17, 15) is 4.79 Å². The van der Waals surface area contributed by atoms with E-state index in [-0.39, 0.29) is 5.91 Å². The zero-order valence-corrected chi connectivity index (χ0v) is 13.5. The summed E-state index contributed by atoms with van der Waals surface area (Å²) in [6, 6.07) is 16.8. The van der Waals surface area contributed by atoms with Crippen molar-refractivity contribution in [3.05, 3.63) is 83.1 Å². The van der Waals surface area contributed by atoms with E-state index in [0.29, 0.717) is 23.1 Å². The third kappa shape index (κ3) is 4.30. The second kappa shape index (κ2) is 7.57. The first kappa shape index (κ1) is 16.0.